The highest BCUT2D eigenvalue weighted by atomic mass is 19.1. The maximum Gasteiger partial charge on any atom is 0.207 e. The molecule has 5 nitrogen and oxygen atoms in total. The minimum Gasteiger partial charge on any atom is -0.369 e. The van der Waals surface area contributed by atoms with Crippen molar-refractivity contribution >= 4 is 17.1 Å². The van der Waals surface area contributed by atoms with Crippen LogP contribution in [-0.4, -0.2) is 19.3 Å². The molecule has 0 saturated heterocycles. The molecule has 1 aromatic carbocycles. The minimum absolute atomic E-state index is 0.262. The predicted molar refractivity (Wildman–Crippen MR) is 76.3 cm³/mol. The molecule has 20 heavy (non-hydrogen) atoms. The fourth-order valence-electron chi connectivity index (χ4n) is 2.41. The molecule has 0 saturated carbocycles. The maximum atomic E-state index is 13.8. The monoisotopic (exact) mass is 273 g/mol. The van der Waals surface area contributed by atoms with Crippen molar-refractivity contribution in [1.82, 2.24) is 19.3 Å². The van der Waals surface area contributed by atoms with Crippen LogP contribution < -0.4 is 5.73 Å². The van der Waals surface area contributed by atoms with E-state index in [0.29, 0.717) is 17.2 Å². The van der Waals surface area contributed by atoms with Gasteiger partial charge in [0.15, 0.2) is 5.65 Å². The number of halogens is 1. The molecule has 2 heterocycles. The fourth-order valence-corrected chi connectivity index (χ4v) is 2.41. The summed E-state index contributed by atoms with van der Waals surface area (Å²) >= 11 is 0. The standard InChI is InChI=1S/C14H16FN5/c1-4-11-12-13(19(3)18-11)20(14(16)17-12)9-6-5-8(2)10(15)7-9/h5-7H,4H2,1-3H3,(H2,16,17). The fraction of sp³-hybridized carbons (Fsp3) is 0.286. The van der Waals surface area contributed by atoms with Crippen LogP contribution in [-0.2, 0) is 13.5 Å². The van der Waals surface area contributed by atoms with E-state index in [9.17, 15) is 4.39 Å². The number of hydrogen-bond donors (Lipinski definition) is 1. The van der Waals surface area contributed by atoms with E-state index in [-0.39, 0.29) is 5.82 Å². The van der Waals surface area contributed by atoms with Crippen LogP contribution in [0.15, 0.2) is 18.2 Å². The third-order valence-electron chi connectivity index (χ3n) is 3.48. The van der Waals surface area contributed by atoms with E-state index in [4.69, 9.17) is 5.73 Å². The van der Waals surface area contributed by atoms with Gasteiger partial charge >= 0.3 is 0 Å². The van der Waals surface area contributed by atoms with Crippen molar-refractivity contribution in [2.24, 2.45) is 7.05 Å². The van der Waals surface area contributed by atoms with Crippen molar-refractivity contribution in [2.45, 2.75) is 20.3 Å². The van der Waals surface area contributed by atoms with Crippen molar-refractivity contribution in [1.29, 1.82) is 0 Å². The smallest absolute Gasteiger partial charge is 0.207 e. The van der Waals surface area contributed by atoms with Crippen LogP contribution in [0, 0.1) is 12.7 Å². The molecule has 104 valence electrons. The average Bonchev–Trinajstić information content (AvgIpc) is 2.90. The van der Waals surface area contributed by atoms with Crippen LogP contribution in [0.2, 0.25) is 0 Å². The molecule has 3 aromatic rings. The molecule has 0 aliphatic heterocycles. The molecule has 0 unspecified atom stereocenters. The zero-order chi connectivity index (χ0) is 14.4. The normalized spacial score (nSPS) is 11.4. The third kappa shape index (κ3) is 1.68. The van der Waals surface area contributed by atoms with Crippen LogP contribution in [0.5, 0.6) is 0 Å². The Bertz CT molecular complexity index is 800. The number of hydrogen-bond acceptors (Lipinski definition) is 3. The summed E-state index contributed by atoms with van der Waals surface area (Å²) in [6.45, 7) is 3.74. The summed E-state index contributed by atoms with van der Waals surface area (Å²) in [6.07, 6.45) is 0.774. The Hall–Kier alpha value is -2.37. The van der Waals surface area contributed by atoms with Crippen molar-refractivity contribution < 1.29 is 4.39 Å². The highest BCUT2D eigenvalue weighted by Crippen LogP contribution is 2.26. The summed E-state index contributed by atoms with van der Waals surface area (Å²) in [5.74, 6) is 0.0765. The lowest BCUT2D eigenvalue weighted by Gasteiger charge is -2.08. The molecule has 0 amide bonds. The number of nitrogens with two attached hydrogens (primary N) is 1. The van der Waals surface area contributed by atoms with Crippen LogP contribution >= 0.6 is 0 Å². The Balaban J connectivity index is 2.32. The molecule has 0 aliphatic carbocycles. The van der Waals surface area contributed by atoms with Gasteiger partial charge in [-0.05, 0) is 31.0 Å². The molecular weight excluding hydrogens is 257 g/mol. The van der Waals surface area contributed by atoms with Crippen LogP contribution in [0.3, 0.4) is 0 Å². The summed E-state index contributed by atoms with van der Waals surface area (Å²) in [6, 6.07) is 5.02. The van der Waals surface area contributed by atoms with Gasteiger partial charge in [-0.1, -0.05) is 13.0 Å². The molecule has 0 bridgehead atoms. The Kier molecular flexibility index (Phi) is 2.74. The first-order valence-electron chi connectivity index (χ1n) is 6.49. The van der Waals surface area contributed by atoms with E-state index < -0.39 is 0 Å². The lowest BCUT2D eigenvalue weighted by molar-refractivity contribution is 0.617. The number of anilines is 1. The topological polar surface area (TPSA) is 61.7 Å². The number of imidazole rings is 1. The number of nitrogen functional groups attached to an aromatic ring is 1. The third-order valence-corrected chi connectivity index (χ3v) is 3.48. The van der Waals surface area contributed by atoms with Gasteiger partial charge in [-0.15, -0.1) is 0 Å². The Morgan fingerprint density at radius 2 is 2.10 bits per heavy atom. The second-order valence-corrected chi connectivity index (χ2v) is 4.83. The van der Waals surface area contributed by atoms with Gasteiger partial charge in [0, 0.05) is 7.05 Å². The maximum absolute atomic E-state index is 13.8. The van der Waals surface area contributed by atoms with Gasteiger partial charge in [-0.25, -0.2) is 14.1 Å². The number of fused-ring (bicyclic) bond motifs is 1. The number of aromatic nitrogens is 4. The molecule has 2 N–H and O–H groups in total. The summed E-state index contributed by atoms with van der Waals surface area (Å²) in [7, 11) is 1.84. The van der Waals surface area contributed by atoms with Crippen LogP contribution in [0.25, 0.3) is 16.9 Å². The van der Waals surface area contributed by atoms with Gasteiger partial charge in [0.05, 0.1) is 11.4 Å². The first-order valence-corrected chi connectivity index (χ1v) is 6.49. The van der Waals surface area contributed by atoms with E-state index in [0.717, 1.165) is 23.3 Å². The summed E-state index contributed by atoms with van der Waals surface area (Å²) in [4.78, 5) is 4.37. The molecular formula is C14H16FN5. The second kappa shape index (κ2) is 4.33. The zero-order valence-electron chi connectivity index (χ0n) is 11.7. The second-order valence-electron chi connectivity index (χ2n) is 4.83. The number of aryl methyl sites for hydroxylation is 3. The van der Waals surface area contributed by atoms with E-state index in [2.05, 4.69) is 10.1 Å². The molecule has 0 atom stereocenters. The van der Waals surface area contributed by atoms with Gasteiger partial charge in [0.2, 0.25) is 5.95 Å². The van der Waals surface area contributed by atoms with Crippen LogP contribution in [0.4, 0.5) is 10.3 Å². The highest BCUT2D eigenvalue weighted by molar-refractivity contribution is 5.80. The van der Waals surface area contributed by atoms with E-state index in [1.165, 1.54) is 6.07 Å². The van der Waals surface area contributed by atoms with Gasteiger partial charge in [-0.2, -0.15) is 5.10 Å². The Morgan fingerprint density at radius 1 is 1.35 bits per heavy atom. The number of benzene rings is 1. The summed E-state index contributed by atoms with van der Waals surface area (Å²) in [5.41, 5.74) is 9.69. The van der Waals surface area contributed by atoms with Crippen LogP contribution in [0.1, 0.15) is 18.2 Å². The molecule has 0 spiro atoms. The Labute approximate surface area is 115 Å². The molecule has 6 heteroatoms. The largest absolute Gasteiger partial charge is 0.369 e. The highest BCUT2D eigenvalue weighted by Gasteiger charge is 2.18. The predicted octanol–water partition coefficient (Wildman–Crippen LogP) is 2.35. The quantitative estimate of drug-likeness (QED) is 0.779. The van der Waals surface area contributed by atoms with Gasteiger partial charge < -0.3 is 5.73 Å². The molecule has 3 rings (SSSR count). The molecule has 0 aliphatic rings. The molecule has 0 fully saturated rings. The van der Waals surface area contributed by atoms with E-state index in [1.54, 1.807) is 22.2 Å². The van der Waals surface area contributed by atoms with Crippen molar-refractivity contribution in [3.05, 3.63) is 35.3 Å². The minimum atomic E-state index is -0.262. The number of rotatable bonds is 2. The van der Waals surface area contributed by atoms with E-state index in [1.807, 2.05) is 20.0 Å². The summed E-state index contributed by atoms with van der Waals surface area (Å²) in [5, 5.41) is 4.42. The first-order chi connectivity index (χ1) is 9.52. The van der Waals surface area contributed by atoms with Gasteiger partial charge in [0.1, 0.15) is 11.3 Å². The van der Waals surface area contributed by atoms with E-state index >= 15 is 0 Å². The van der Waals surface area contributed by atoms with Gasteiger partial charge in [0.25, 0.3) is 0 Å². The molecule has 2 aromatic heterocycles. The first kappa shape index (κ1) is 12.7. The van der Waals surface area contributed by atoms with Gasteiger partial charge in [-0.3, -0.25) is 4.57 Å². The van der Waals surface area contributed by atoms with Crippen molar-refractivity contribution in [2.75, 3.05) is 5.73 Å². The molecule has 0 radical (unpaired) electrons. The lowest BCUT2D eigenvalue weighted by atomic mass is 10.2. The lowest BCUT2D eigenvalue weighted by Crippen LogP contribution is -2.05. The number of nitrogens with zero attached hydrogens (tertiary/aromatic N) is 4. The van der Waals surface area contributed by atoms with Crippen molar-refractivity contribution in [3.63, 3.8) is 0 Å². The summed E-state index contributed by atoms with van der Waals surface area (Å²) < 4.78 is 17.2. The zero-order valence-corrected chi connectivity index (χ0v) is 11.7. The SMILES string of the molecule is CCc1nn(C)c2c1nc(N)n2-c1ccc(C)c(F)c1. The average molecular weight is 273 g/mol. The Morgan fingerprint density at radius 3 is 2.75 bits per heavy atom. The van der Waals surface area contributed by atoms with Crippen molar-refractivity contribution in [3.8, 4) is 5.69 Å².